The van der Waals surface area contributed by atoms with E-state index in [1.165, 1.54) is 6.26 Å². The predicted octanol–water partition coefficient (Wildman–Crippen LogP) is 1.67. The molecule has 2 atom stereocenters. The van der Waals surface area contributed by atoms with E-state index in [-0.39, 0.29) is 5.41 Å². The van der Waals surface area contributed by atoms with Crippen LogP contribution in [-0.4, -0.2) is 38.6 Å². The van der Waals surface area contributed by atoms with E-state index >= 15 is 0 Å². The van der Waals surface area contributed by atoms with Gasteiger partial charge in [-0.25, -0.2) is 12.7 Å². The number of rotatable bonds is 5. The summed E-state index contributed by atoms with van der Waals surface area (Å²) in [5.74, 6) is 0.973. The van der Waals surface area contributed by atoms with Crippen LogP contribution in [0.25, 0.3) is 0 Å². The standard InChI is InChI=1S/C13H28N2O2S/c1-11(2)13(3,10-14)8-12-6-5-7-15(9-12)18(4,16)17/h11-12H,5-10,14H2,1-4H3. The number of nitrogens with zero attached hydrogens (tertiary/aromatic N) is 1. The highest BCUT2D eigenvalue weighted by atomic mass is 32.2. The molecule has 0 aromatic carbocycles. The lowest BCUT2D eigenvalue weighted by molar-refractivity contribution is 0.137. The minimum absolute atomic E-state index is 0.116. The van der Waals surface area contributed by atoms with Gasteiger partial charge in [-0.3, -0.25) is 0 Å². The largest absolute Gasteiger partial charge is 0.330 e. The molecule has 0 aromatic rings. The molecule has 0 bridgehead atoms. The summed E-state index contributed by atoms with van der Waals surface area (Å²) in [4.78, 5) is 0. The third kappa shape index (κ3) is 3.93. The first-order valence-corrected chi connectivity index (χ1v) is 8.69. The zero-order valence-electron chi connectivity index (χ0n) is 12.1. The van der Waals surface area contributed by atoms with Crippen LogP contribution in [0.1, 0.15) is 40.0 Å². The minimum Gasteiger partial charge on any atom is -0.330 e. The maximum atomic E-state index is 11.6. The average Bonchev–Trinajstić information content (AvgIpc) is 2.28. The molecule has 4 nitrogen and oxygen atoms in total. The highest BCUT2D eigenvalue weighted by molar-refractivity contribution is 7.88. The topological polar surface area (TPSA) is 63.4 Å². The Morgan fingerprint density at radius 2 is 2.06 bits per heavy atom. The van der Waals surface area contributed by atoms with Gasteiger partial charge in [0, 0.05) is 13.1 Å². The number of piperidine rings is 1. The van der Waals surface area contributed by atoms with E-state index in [4.69, 9.17) is 5.73 Å². The molecule has 1 heterocycles. The van der Waals surface area contributed by atoms with E-state index in [2.05, 4.69) is 20.8 Å². The number of nitrogens with two attached hydrogens (primary N) is 1. The van der Waals surface area contributed by atoms with Crippen molar-refractivity contribution in [2.24, 2.45) is 23.0 Å². The molecule has 1 aliphatic rings. The highest BCUT2D eigenvalue weighted by Crippen LogP contribution is 2.36. The van der Waals surface area contributed by atoms with Gasteiger partial charge in [0.2, 0.25) is 10.0 Å². The number of hydrogen-bond acceptors (Lipinski definition) is 3. The van der Waals surface area contributed by atoms with Gasteiger partial charge in [-0.2, -0.15) is 0 Å². The van der Waals surface area contributed by atoms with Crippen molar-refractivity contribution in [3.05, 3.63) is 0 Å². The van der Waals surface area contributed by atoms with Crippen LogP contribution in [0.2, 0.25) is 0 Å². The SMILES string of the molecule is CC(C)C(C)(CN)CC1CCCN(S(C)(=O)=O)C1. The molecule has 0 radical (unpaired) electrons. The Balaban J connectivity index is 2.68. The summed E-state index contributed by atoms with van der Waals surface area (Å²) >= 11 is 0. The van der Waals surface area contributed by atoms with Crippen molar-refractivity contribution in [2.75, 3.05) is 25.9 Å². The van der Waals surface area contributed by atoms with Crippen molar-refractivity contribution in [1.82, 2.24) is 4.31 Å². The van der Waals surface area contributed by atoms with Crippen LogP contribution in [0.4, 0.5) is 0 Å². The molecule has 1 aliphatic heterocycles. The second kappa shape index (κ2) is 5.88. The van der Waals surface area contributed by atoms with E-state index < -0.39 is 10.0 Å². The molecule has 0 aliphatic carbocycles. The van der Waals surface area contributed by atoms with Crippen molar-refractivity contribution in [2.45, 2.75) is 40.0 Å². The highest BCUT2D eigenvalue weighted by Gasteiger charge is 2.33. The Morgan fingerprint density at radius 3 is 2.50 bits per heavy atom. The lowest BCUT2D eigenvalue weighted by Gasteiger charge is -2.39. The third-order valence-electron chi connectivity index (χ3n) is 4.57. The zero-order valence-corrected chi connectivity index (χ0v) is 13.0. The summed E-state index contributed by atoms with van der Waals surface area (Å²) in [6.07, 6.45) is 4.41. The zero-order chi connectivity index (χ0) is 14.0. The fourth-order valence-electron chi connectivity index (χ4n) is 2.71. The van der Waals surface area contributed by atoms with Crippen LogP contribution in [0, 0.1) is 17.3 Å². The lowest BCUT2D eigenvalue weighted by Crippen LogP contribution is -2.43. The second-order valence-electron chi connectivity index (χ2n) is 6.35. The predicted molar refractivity (Wildman–Crippen MR) is 75.8 cm³/mol. The fraction of sp³-hybridized carbons (Fsp3) is 1.00. The number of sulfonamides is 1. The first-order chi connectivity index (χ1) is 8.19. The van der Waals surface area contributed by atoms with Gasteiger partial charge in [0.25, 0.3) is 0 Å². The van der Waals surface area contributed by atoms with Crippen LogP contribution >= 0.6 is 0 Å². The lowest BCUT2D eigenvalue weighted by atomic mass is 9.71. The molecule has 0 saturated carbocycles. The van der Waals surface area contributed by atoms with E-state index in [9.17, 15) is 8.42 Å². The molecule has 1 fully saturated rings. The summed E-state index contributed by atoms with van der Waals surface area (Å²) in [7, 11) is -3.04. The molecule has 1 rings (SSSR count). The normalized spacial score (nSPS) is 26.2. The first-order valence-electron chi connectivity index (χ1n) is 6.84. The van der Waals surface area contributed by atoms with Gasteiger partial charge in [0.05, 0.1) is 6.26 Å². The van der Waals surface area contributed by atoms with Gasteiger partial charge in [-0.1, -0.05) is 20.8 Å². The Hall–Kier alpha value is -0.130. The molecule has 18 heavy (non-hydrogen) atoms. The van der Waals surface area contributed by atoms with Crippen molar-refractivity contribution in [1.29, 1.82) is 0 Å². The van der Waals surface area contributed by atoms with Crippen LogP contribution in [0.3, 0.4) is 0 Å². The van der Waals surface area contributed by atoms with E-state index in [1.807, 2.05) is 0 Å². The molecular weight excluding hydrogens is 248 g/mol. The van der Waals surface area contributed by atoms with Crippen LogP contribution in [0.15, 0.2) is 0 Å². The molecule has 2 unspecified atom stereocenters. The molecule has 5 heteroatoms. The molecule has 0 amide bonds. The average molecular weight is 276 g/mol. The summed E-state index contributed by atoms with van der Waals surface area (Å²) in [5.41, 5.74) is 6.03. The Morgan fingerprint density at radius 1 is 1.44 bits per heavy atom. The molecule has 0 aromatic heterocycles. The van der Waals surface area contributed by atoms with E-state index in [0.29, 0.717) is 31.5 Å². The minimum atomic E-state index is -3.04. The maximum Gasteiger partial charge on any atom is 0.211 e. The molecular formula is C13H28N2O2S. The van der Waals surface area contributed by atoms with Gasteiger partial charge in [0.15, 0.2) is 0 Å². The molecule has 2 N–H and O–H groups in total. The summed E-state index contributed by atoms with van der Waals surface area (Å²) in [5, 5.41) is 0. The van der Waals surface area contributed by atoms with Crippen molar-refractivity contribution in [3.8, 4) is 0 Å². The Labute approximate surface area is 112 Å². The fourth-order valence-corrected chi connectivity index (χ4v) is 3.65. The van der Waals surface area contributed by atoms with Crippen LogP contribution < -0.4 is 5.73 Å². The molecule has 108 valence electrons. The quantitative estimate of drug-likeness (QED) is 0.831. The smallest absolute Gasteiger partial charge is 0.211 e. The first kappa shape index (κ1) is 15.9. The van der Waals surface area contributed by atoms with Gasteiger partial charge in [-0.05, 0) is 43.1 Å². The van der Waals surface area contributed by atoms with E-state index in [0.717, 1.165) is 19.3 Å². The van der Waals surface area contributed by atoms with Crippen molar-refractivity contribution in [3.63, 3.8) is 0 Å². The summed E-state index contributed by atoms with van der Waals surface area (Å²) < 4.78 is 24.8. The Bertz CT molecular complexity index is 367. The van der Waals surface area contributed by atoms with Gasteiger partial charge >= 0.3 is 0 Å². The van der Waals surface area contributed by atoms with Gasteiger partial charge in [-0.15, -0.1) is 0 Å². The Kier molecular flexibility index (Phi) is 5.21. The summed E-state index contributed by atoms with van der Waals surface area (Å²) in [6.45, 7) is 8.63. The van der Waals surface area contributed by atoms with Gasteiger partial charge in [0.1, 0.15) is 0 Å². The van der Waals surface area contributed by atoms with Crippen molar-refractivity contribution >= 4 is 10.0 Å². The maximum absolute atomic E-state index is 11.6. The monoisotopic (exact) mass is 276 g/mol. The third-order valence-corrected chi connectivity index (χ3v) is 5.84. The van der Waals surface area contributed by atoms with Gasteiger partial charge < -0.3 is 5.73 Å². The number of hydrogen-bond donors (Lipinski definition) is 1. The van der Waals surface area contributed by atoms with E-state index in [1.54, 1.807) is 4.31 Å². The summed E-state index contributed by atoms with van der Waals surface area (Å²) in [6, 6.07) is 0. The van der Waals surface area contributed by atoms with Crippen LogP contribution in [0.5, 0.6) is 0 Å². The van der Waals surface area contributed by atoms with Crippen LogP contribution in [-0.2, 0) is 10.0 Å². The second-order valence-corrected chi connectivity index (χ2v) is 8.33. The molecule has 0 spiro atoms. The van der Waals surface area contributed by atoms with Crippen molar-refractivity contribution < 1.29 is 8.42 Å². The molecule has 1 saturated heterocycles.